The Hall–Kier alpha value is -3.08. The Labute approximate surface area is 163 Å². The van der Waals surface area contributed by atoms with E-state index in [0.717, 1.165) is 25.0 Å². The number of amides is 1. The van der Waals surface area contributed by atoms with Gasteiger partial charge in [0.25, 0.3) is 0 Å². The third-order valence-electron chi connectivity index (χ3n) is 4.61. The van der Waals surface area contributed by atoms with E-state index in [4.69, 9.17) is 15.7 Å². The molecule has 0 saturated heterocycles. The average molecular weight is 385 g/mol. The van der Waals surface area contributed by atoms with E-state index in [1.807, 2.05) is 12.1 Å². The van der Waals surface area contributed by atoms with Gasteiger partial charge in [-0.1, -0.05) is 27.2 Å². The standard InChI is InChI=1S/C11H13FN2O2.C9H11N3/c12-8-3-1-6-14-9(8)11(4-2-5-11)7-16-10(13)15;1-9(2,3)8-5-4-7(6-10)11-12-8/h1,3,6H,2,4-5,7H2,(H2,13,15);4-5H,1-3H3. The van der Waals surface area contributed by atoms with Crippen LogP contribution in [0.4, 0.5) is 9.18 Å². The van der Waals surface area contributed by atoms with Gasteiger partial charge in [-0.3, -0.25) is 4.98 Å². The summed E-state index contributed by atoms with van der Waals surface area (Å²) in [7, 11) is 0. The normalized spacial score (nSPS) is 14.7. The van der Waals surface area contributed by atoms with Gasteiger partial charge in [-0.2, -0.15) is 10.4 Å². The van der Waals surface area contributed by atoms with E-state index in [1.165, 1.54) is 6.07 Å². The molecule has 28 heavy (non-hydrogen) atoms. The summed E-state index contributed by atoms with van der Waals surface area (Å²) in [6.07, 6.45) is 3.24. The van der Waals surface area contributed by atoms with Crippen molar-refractivity contribution >= 4 is 6.09 Å². The highest BCUT2D eigenvalue weighted by Crippen LogP contribution is 2.43. The molecule has 0 aromatic carbocycles. The van der Waals surface area contributed by atoms with Crippen LogP contribution in [0, 0.1) is 17.1 Å². The maximum atomic E-state index is 13.6. The lowest BCUT2D eigenvalue weighted by Gasteiger charge is -2.40. The summed E-state index contributed by atoms with van der Waals surface area (Å²) in [5, 5.41) is 16.2. The topological polar surface area (TPSA) is 115 Å². The van der Waals surface area contributed by atoms with Crippen molar-refractivity contribution in [1.82, 2.24) is 15.2 Å². The first-order valence-electron chi connectivity index (χ1n) is 8.95. The molecule has 2 heterocycles. The van der Waals surface area contributed by atoms with Crippen LogP contribution in [-0.4, -0.2) is 27.9 Å². The molecular weight excluding hydrogens is 361 g/mol. The SMILES string of the molecule is CC(C)(C)c1ccc(C#N)nn1.NC(=O)OCC1(c2ncccc2F)CCC1. The van der Waals surface area contributed by atoms with Gasteiger partial charge in [0, 0.05) is 17.0 Å². The highest BCUT2D eigenvalue weighted by Gasteiger charge is 2.43. The Kier molecular flexibility index (Phi) is 6.62. The van der Waals surface area contributed by atoms with Crippen molar-refractivity contribution in [2.45, 2.75) is 50.9 Å². The van der Waals surface area contributed by atoms with Gasteiger partial charge >= 0.3 is 6.09 Å². The van der Waals surface area contributed by atoms with Gasteiger partial charge in [0.15, 0.2) is 5.69 Å². The number of pyridine rings is 1. The predicted octanol–water partition coefficient (Wildman–Crippen LogP) is 3.38. The maximum absolute atomic E-state index is 13.6. The zero-order valence-corrected chi connectivity index (χ0v) is 16.3. The van der Waals surface area contributed by atoms with Crippen molar-refractivity contribution in [3.63, 3.8) is 0 Å². The van der Waals surface area contributed by atoms with Gasteiger partial charge < -0.3 is 10.5 Å². The third-order valence-corrected chi connectivity index (χ3v) is 4.61. The van der Waals surface area contributed by atoms with Gasteiger partial charge in [0.1, 0.15) is 18.5 Å². The van der Waals surface area contributed by atoms with Gasteiger partial charge in [-0.25, -0.2) is 9.18 Å². The van der Waals surface area contributed by atoms with Crippen molar-refractivity contribution in [2.24, 2.45) is 5.73 Å². The molecule has 1 aliphatic carbocycles. The summed E-state index contributed by atoms with van der Waals surface area (Å²) in [6.45, 7) is 6.28. The first-order chi connectivity index (χ1) is 13.2. The molecule has 2 N–H and O–H groups in total. The Morgan fingerprint density at radius 3 is 2.46 bits per heavy atom. The van der Waals surface area contributed by atoms with Crippen molar-refractivity contribution in [3.8, 4) is 6.07 Å². The van der Waals surface area contributed by atoms with Gasteiger partial charge in [-0.15, -0.1) is 5.10 Å². The van der Waals surface area contributed by atoms with E-state index >= 15 is 0 Å². The lowest BCUT2D eigenvalue weighted by Crippen LogP contribution is -2.42. The number of nitrogens with two attached hydrogens (primary N) is 1. The molecule has 0 spiro atoms. The van der Waals surface area contributed by atoms with Crippen molar-refractivity contribution < 1.29 is 13.9 Å². The quantitative estimate of drug-likeness (QED) is 0.866. The zero-order valence-electron chi connectivity index (χ0n) is 16.3. The molecule has 1 fully saturated rings. The minimum Gasteiger partial charge on any atom is -0.449 e. The fourth-order valence-corrected chi connectivity index (χ4v) is 2.83. The van der Waals surface area contributed by atoms with Crippen LogP contribution in [0.15, 0.2) is 30.5 Å². The van der Waals surface area contributed by atoms with Gasteiger partial charge in [0.05, 0.1) is 11.4 Å². The maximum Gasteiger partial charge on any atom is 0.404 e. The molecule has 148 valence electrons. The summed E-state index contributed by atoms with van der Waals surface area (Å²) >= 11 is 0. The number of nitrogens with zero attached hydrogens (tertiary/aromatic N) is 4. The molecular formula is C20H24FN5O2. The fraction of sp³-hybridized carbons (Fsp3) is 0.450. The minimum absolute atomic E-state index is 0.000978. The molecule has 1 saturated carbocycles. The Balaban J connectivity index is 0.000000209. The molecule has 2 aromatic heterocycles. The number of hydrogen-bond acceptors (Lipinski definition) is 6. The molecule has 1 amide bonds. The van der Waals surface area contributed by atoms with Crippen molar-refractivity contribution in [2.75, 3.05) is 6.61 Å². The van der Waals surface area contributed by atoms with Crippen LogP contribution >= 0.6 is 0 Å². The van der Waals surface area contributed by atoms with E-state index in [0.29, 0.717) is 11.4 Å². The molecule has 7 nitrogen and oxygen atoms in total. The Morgan fingerprint density at radius 2 is 2.04 bits per heavy atom. The average Bonchev–Trinajstić information content (AvgIpc) is 2.62. The van der Waals surface area contributed by atoms with Gasteiger partial charge in [0.2, 0.25) is 0 Å². The minimum atomic E-state index is -0.831. The smallest absolute Gasteiger partial charge is 0.404 e. The van der Waals surface area contributed by atoms with E-state index in [9.17, 15) is 9.18 Å². The second-order valence-corrected chi connectivity index (χ2v) is 7.74. The molecule has 8 heteroatoms. The lowest BCUT2D eigenvalue weighted by molar-refractivity contribution is 0.0819. The molecule has 0 bridgehead atoms. The number of carbonyl (C=O) groups is 1. The summed E-state index contributed by atoms with van der Waals surface area (Å²) in [5.74, 6) is -0.352. The summed E-state index contributed by atoms with van der Waals surface area (Å²) in [6, 6.07) is 8.37. The van der Waals surface area contributed by atoms with Crippen LogP contribution in [0.3, 0.4) is 0 Å². The fourth-order valence-electron chi connectivity index (χ4n) is 2.83. The summed E-state index contributed by atoms with van der Waals surface area (Å²) < 4.78 is 18.4. The number of halogens is 1. The number of hydrogen-bond donors (Lipinski definition) is 1. The van der Waals surface area contributed by atoms with E-state index in [-0.39, 0.29) is 17.8 Å². The van der Waals surface area contributed by atoms with Crippen LogP contribution in [0.5, 0.6) is 0 Å². The molecule has 0 atom stereocenters. The van der Waals surface area contributed by atoms with Crippen LogP contribution in [0.1, 0.15) is 57.1 Å². The largest absolute Gasteiger partial charge is 0.449 e. The first kappa shape index (κ1) is 21.2. The van der Waals surface area contributed by atoms with Gasteiger partial charge in [-0.05, 0) is 37.1 Å². The van der Waals surface area contributed by atoms with E-state index < -0.39 is 11.5 Å². The third kappa shape index (κ3) is 5.22. The van der Waals surface area contributed by atoms with Crippen molar-refractivity contribution in [1.29, 1.82) is 5.26 Å². The molecule has 2 aromatic rings. The highest BCUT2D eigenvalue weighted by molar-refractivity contribution is 5.64. The Morgan fingerprint density at radius 1 is 1.32 bits per heavy atom. The molecule has 0 aliphatic heterocycles. The van der Waals surface area contributed by atoms with E-state index in [2.05, 4.69) is 36.0 Å². The first-order valence-corrected chi connectivity index (χ1v) is 8.95. The van der Waals surface area contributed by atoms with Crippen LogP contribution in [0.25, 0.3) is 0 Å². The summed E-state index contributed by atoms with van der Waals surface area (Å²) in [5.41, 5.74) is 6.09. The zero-order chi connectivity index (χ0) is 20.8. The number of carbonyl (C=O) groups excluding carboxylic acids is 1. The molecule has 3 rings (SSSR count). The monoisotopic (exact) mass is 385 g/mol. The highest BCUT2D eigenvalue weighted by atomic mass is 19.1. The number of ether oxygens (including phenoxy) is 1. The second kappa shape index (κ2) is 8.74. The Bertz CT molecular complexity index is 852. The number of rotatable bonds is 3. The van der Waals surface area contributed by atoms with E-state index in [1.54, 1.807) is 18.3 Å². The number of primary amides is 1. The molecule has 0 radical (unpaired) electrons. The molecule has 0 unspecified atom stereocenters. The number of aromatic nitrogens is 3. The predicted molar refractivity (Wildman–Crippen MR) is 101 cm³/mol. The second-order valence-electron chi connectivity index (χ2n) is 7.74. The number of nitriles is 1. The van der Waals surface area contributed by atoms with Crippen LogP contribution in [0.2, 0.25) is 0 Å². The van der Waals surface area contributed by atoms with Crippen molar-refractivity contribution in [3.05, 3.63) is 53.4 Å². The van der Waals surface area contributed by atoms with Crippen LogP contribution < -0.4 is 5.73 Å². The molecule has 1 aliphatic rings. The van der Waals surface area contributed by atoms with Crippen LogP contribution in [-0.2, 0) is 15.6 Å². The summed E-state index contributed by atoms with van der Waals surface area (Å²) in [4.78, 5) is 14.6. The lowest BCUT2D eigenvalue weighted by atomic mass is 9.67.